The van der Waals surface area contributed by atoms with E-state index < -0.39 is 11.9 Å². The van der Waals surface area contributed by atoms with E-state index in [1.54, 1.807) is 19.3 Å². The van der Waals surface area contributed by atoms with Crippen LogP contribution in [0.5, 0.6) is 0 Å². The maximum absolute atomic E-state index is 11.4. The van der Waals surface area contributed by atoms with Crippen molar-refractivity contribution in [3.63, 3.8) is 0 Å². The zero-order valence-electron chi connectivity index (χ0n) is 9.19. The van der Waals surface area contributed by atoms with Gasteiger partial charge >= 0.3 is 11.9 Å². The Morgan fingerprint density at radius 1 is 1.31 bits per heavy atom. The highest BCUT2D eigenvalue weighted by Gasteiger charge is 2.20. The molecule has 16 heavy (non-hydrogen) atoms. The first-order valence-corrected chi connectivity index (χ1v) is 5.97. The maximum atomic E-state index is 11.4. The van der Waals surface area contributed by atoms with Crippen molar-refractivity contribution in [1.82, 2.24) is 0 Å². The molecule has 0 aromatic rings. The Bertz CT molecular complexity index is 349. The fourth-order valence-corrected chi connectivity index (χ4v) is 1.75. The van der Waals surface area contributed by atoms with Crippen LogP contribution in [0.2, 0.25) is 0 Å². The minimum atomic E-state index is -0.517. The highest BCUT2D eigenvalue weighted by molar-refractivity contribution is 8.03. The summed E-state index contributed by atoms with van der Waals surface area (Å²) in [4.78, 5) is 26.7. The average Bonchev–Trinajstić information content (AvgIpc) is 2.30. The molecule has 0 unspecified atom stereocenters. The number of rotatable bonds is 4. The predicted octanol–water partition coefficient (Wildman–Crippen LogP) is 1.14. The van der Waals surface area contributed by atoms with Crippen LogP contribution < -0.4 is 0 Å². The van der Waals surface area contributed by atoms with E-state index in [0.717, 1.165) is 0 Å². The summed E-state index contributed by atoms with van der Waals surface area (Å²) in [5.41, 5.74) is 0.401. The molecule has 0 aromatic heterocycles. The molecule has 6 heteroatoms. The van der Waals surface area contributed by atoms with E-state index in [1.165, 1.54) is 11.8 Å². The van der Waals surface area contributed by atoms with E-state index >= 15 is 0 Å². The molecule has 0 fully saturated rings. The molecule has 0 aliphatic carbocycles. The molecule has 0 atom stereocenters. The lowest BCUT2D eigenvalue weighted by Crippen LogP contribution is -2.23. The van der Waals surface area contributed by atoms with Gasteiger partial charge in [0.2, 0.25) is 0 Å². The third kappa shape index (κ3) is 3.37. The van der Waals surface area contributed by atoms with Gasteiger partial charge in [0.15, 0.2) is 5.70 Å². The van der Waals surface area contributed by atoms with Crippen molar-refractivity contribution in [2.24, 2.45) is 4.99 Å². The van der Waals surface area contributed by atoms with Gasteiger partial charge in [-0.2, -0.15) is 0 Å². The van der Waals surface area contributed by atoms with Crippen molar-refractivity contribution >= 4 is 29.4 Å². The van der Waals surface area contributed by atoms with Gasteiger partial charge in [0.05, 0.1) is 13.2 Å². The fraction of sp³-hybridized carbons (Fsp3) is 0.500. The molecule has 88 valence electrons. The van der Waals surface area contributed by atoms with Gasteiger partial charge in [-0.15, -0.1) is 11.8 Å². The Morgan fingerprint density at radius 2 is 1.94 bits per heavy atom. The molecule has 5 nitrogen and oxygen atoms in total. The van der Waals surface area contributed by atoms with Crippen molar-refractivity contribution < 1.29 is 19.1 Å². The Morgan fingerprint density at radius 3 is 2.56 bits per heavy atom. The van der Waals surface area contributed by atoms with Gasteiger partial charge in [-0.05, 0) is 13.8 Å². The topological polar surface area (TPSA) is 65.0 Å². The van der Waals surface area contributed by atoms with Crippen molar-refractivity contribution in [1.29, 1.82) is 0 Å². The Labute approximate surface area is 97.9 Å². The van der Waals surface area contributed by atoms with Gasteiger partial charge in [0.25, 0.3) is 0 Å². The van der Waals surface area contributed by atoms with Crippen LogP contribution in [-0.4, -0.2) is 36.6 Å². The highest BCUT2D eigenvalue weighted by atomic mass is 32.2. The van der Waals surface area contributed by atoms with E-state index in [4.69, 9.17) is 9.47 Å². The summed E-state index contributed by atoms with van der Waals surface area (Å²) in [5.74, 6) is -0.580. The maximum Gasteiger partial charge on any atom is 0.357 e. The van der Waals surface area contributed by atoms with Crippen LogP contribution in [0.1, 0.15) is 13.8 Å². The van der Waals surface area contributed by atoms with Crippen LogP contribution in [0.3, 0.4) is 0 Å². The van der Waals surface area contributed by atoms with Gasteiger partial charge in [0.1, 0.15) is 5.71 Å². The van der Waals surface area contributed by atoms with E-state index in [-0.39, 0.29) is 18.0 Å². The number of aliphatic imine (C=N–C) groups is 1. The second-order valence-corrected chi connectivity index (χ2v) is 3.67. The third-order valence-electron chi connectivity index (χ3n) is 1.67. The molecule has 0 spiro atoms. The molecular formula is C10H13NO4S. The standard InChI is InChI=1S/C10H13NO4S/c1-3-14-9(12)7-5-16-6-8(11-7)10(13)15-4-2/h5H,3-4,6H2,1-2H3. The van der Waals surface area contributed by atoms with E-state index in [2.05, 4.69) is 4.99 Å². The summed E-state index contributed by atoms with van der Waals surface area (Å²) in [6.07, 6.45) is 0. The molecule has 0 aromatic carbocycles. The summed E-state index contributed by atoms with van der Waals surface area (Å²) < 4.78 is 9.60. The summed E-state index contributed by atoms with van der Waals surface area (Å²) in [7, 11) is 0. The lowest BCUT2D eigenvalue weighted by molar-refractivity contribution is -0.138. The lowest BCUT2D eigenvalue weighted by atomic mass is 10.4. The molecule has 0 bridgehead atoms. The lowest BCUT2D eigenvalue weighted by Gasteiger charge is -2.10. The smallest absolute Gasteiger partial charge is 0.357 e. The monoisotopic (exact) mass is 243 g/mol. The number of ether oxygens (including phenoxy) is 2. The number of carbonyl (C=O) groups is 2. The Hall–Kier alpha value is -1.30. The highest BCUT2D eigenvalue weighted by Crippen LogP contribution is 2.17. The SMILES string of the molecule is CCOC(=O)C1=CSCC(C(=O)OCC)=N1. The summed E-state index contributed by atoms with van der Waals surface area (Å²) in [6, 6.07) is 0. The molecule has 0 saturated carbocycles. The largest absolute Gasteiger partial charge is 0.461 e. The van der Waals surface area contributed by atoms with Crippen LogP contribution in [0.4, 0.5) is 0 Å². The van der Waals surface area contributed by atoms with Gasteiger partial charge in [-0.3, -0.25) is 0 Å². The molecule has 1 rings (SSSR count). The first-order valence-electron chi connectivity index (χ1n) is 4.92. The van der Waals surface area contributed by atoms with Crippen LogP contribution in [-0.2, 0) is 19.1 Å². The van der Waals surface area contributed by atoms with Gasteiger partial charge in [0, 0.05) is 11.2 Å². The molecule has 0 amide bonds. The van der Waals surface area contributed by atoms with E-state index in [1.807, 2.05) is 0 Å². The first kappa shape index (κ1) is 12.8. The fourth-order valence-electron chi connectivity index (χ4n) is 1.02. The number of carbonyl (C=O) groups excluding carboxylic acids is 2. The number of nitrogens with zero attached hydrogens (tertiary/aromatic N) is 1. The summed E-state index contributed by atoms with van der Waals surface area (Å²) in [6.45, 7) is 4.01. The quantitative estimate of drug-likeness (QED) is 0.693. The van der Waals surface area contributed by atoms with Crippen molar-refractivity contribution in [2.45, 2.75) is 13.8 Å². The zero-order valence-corrected chi connectivity index (χ0v) is 10.0. The van der Waals surface area contributed by atoms with E-state index in [0.29, 0.717) is 12.4 Å². The van der Waals surface area contributed by atoms with Gasteiger partial charge in [-0.1, -0.05) is 0 Å². The van der Waals surface area contributed by atoms with Crippen LogP contribution in [0.15, 0.2) is 16.1 Å². The van der Waals surface area contributed by atoms with Gasteiger partial charge < -0.3 is 9.47 Å². The number of hydrogen-bond donors (Lipinski definition) is 0. The molecule has 1 aliphatic heterocycles. The van der Waals surface area contributed by atoms with Crippen molar-refractivity contribution in [2.75, 3.05) is 19.0 Å². The summed E-state index contributed by atoms with van der Waals surface area (Å²) >= 11 is 1.33. The van der Waals surface area contributed by atoms with Crippen LogP contribution >= 0.6 is 11.8 Å². The van der Waals surface area contributed by atoms with Crippen LogP contribution in [0, 0.1) is 0 Å². The minimum absolute atomic E-state index is 0.154. The Kier molecular flexibility index (Phi) is 5.04. The molecule has 0 radical (unpaired) electrons. The third-order valence-corrected chi connectivity index (χ3v) is 2.50. The van der Waals surface area contributed by atoms with Crippen molar-refractivity contribution in [3.05, 3.63) is 11.1 Å². The van der Waals surface area contributed by atoms with Crippen LogP contribution in [0.25, 0.3) is 0 Å². The molecular weight excluding hydrogens is 230 g/mol. The second kappa shape index (κ2) is 6.32. The number of thioether (sulfide) groups is 1. The minimum Gasteiger partial charge on any atom is -0.461 e. The predicted molar refractivity (Wildman–Crippen MR) is 61.2 cm³/mol. The summed E-state index contributed by atoms with van der Waals surface area (Å²) in [5, 5.41) is 1.58. The van der Waals surface area contributed by atoms with E-state index in [9.17, 15) is 9.59 Å². The average molecular weight is 243 g/mol. The molecule has 0 N–H and O–H groups in total. The Balaban J connectivity index is 2.72. The number of esters is 2. The van der Waals surface area contributed by atoms with Crippen molar-refractivity contribution in [3.8, 4) is 0 Å². The second-order valence-electron chi connectivity index (χ2n) is 2.81. The number of hydrogen-bond acceptors (Lipinski definition) is 6. The molecule has 1 heterocycles. The first-order chi connectivity index (χ1) is 7.69. The normalized spacial score (nSPS) is 14.9. The molecule has 0 saturated heterocycles. The van der Waals surface area contributed by atoms with Gasteiger partial charge in [-0.25, -0.2) is 14.6 Å². The zero-order chi connectivity index (χ0) is 12.0. The molecule has 1 aliphatic rings.